The van der Waals surface area contributed by atoms with Gasteiger partial charge in [-0.2, -0.15) is 0 Å². The lowest BCUT2D eigenvalue weighted by molar-refractivity contribution is 0.169. The first-order valence-corrected chi connectivity index (χ1v) is 6.45. The van der Waals surface area contributed by atoms with Gasteiger partial charge in [0.05, 0.1) is 17.2 Å². The van der Waals surface area contributed by atoms with Crippen LogP contribution >= 0.6 is 27.3 Å². The summed E-state index contributed by atoms with van der Waals surface area (Å²) in [4.78, 5) is 4.62. The van der Waals surface area contributed by atoms with Crippen LogP contribution in [0.25, 0.3) is 0 Å². The van der Waals surface area contributed by atoms with E-state index in [-0.39, 0.29) is 12.0 Å². The molecule has 1 aromatic heterocycles. The topological polar surface area (TPSA) is 33.1 Å². The molecule has 0 fully saturated rings. The van der Waals surface area contributed by atoms with Gasteiger partial charge in [-0.15, -0.1) is 11.3 Å². The third kappa shape index (κ3) is 2.88. The smallest absolute Gasteiger partial charge is 0.133 e. The van der Waals surface area contributed by atoms with Gasteiger partial charge in [0.15, 0.2) is 0 Å². The highest BCUT2D eigenvalue weighted by Crippen LogP contribution is 2.27. The van der Waals surface area contributed by atoms with E-state index in [4.69, 9.17) is 0 Å². The van der Waals surface area contributed by atoms with Crippen molar-refractivity contribution >= 4 is 27.3 Å². The molecule has 0 radical (unpaired) electrons. The first-order valence-electron chi connectivity index (χ1n) is 4.78. The molecule has 2 aromatic rings. The van der Waals surface area contributed by atoms with Crippen LogP contribution in [0.1, 0.15) is 16.5 Å². The van der Waals surface area contributed by atoms with E-state index in [1.54, 1.807) is 11.7 Å². The molecule has 0 spiro atoms. The molecule has 0 bridgehead atoms. The number of thiazole rings is 1. The third-order valence-corrected chi connectivity index (χ3v) is 3.51. The van der Waals surface area contributed by atoms with Crippen LogP contribution in [0.15, 0.2) is 28.3 Å². The quantitative estimate of drug-likeness (QED) is 0.939. The highest BCUT2D eigenvalue weighted by Gasteiger charge is 2.19. The number of nitrogens with zero attached hydrogens (tertiary/aromatic N) is 1. The normalized spacial score (nSPS) is 12.7. The number of rotatable bonds is 3. The molecule has 1 atom stereocenters. The fourth-order valence-corrected chi connectivity index (χ4v) is 2.54. The summed E-state index contributed by atoms with van der Waals surface area (Å²) in [5.74, 6) is -1.51. The molecule has 0 amide bonds. The molecule has 1 N–H and O–H groups in total. The lowest BCUT2D eigenvalue weighted by Gasteiger charge is -2.12. The molecule has 2 rings (SSSR count). The summed E-state index contributed by atoms with van der Waals surface area (Å²) in [7, 11) is 0. The zero-order valence-electron chi connectivity index (χ0n) is 8.53. The number of aliphatic hydroxyl groups is 1. The van der Waals surface area contributed by atoms with Crippen LogP contribution in [0.2, 0.25) is 0 Å². The van der Waals surface area contributed by atoms with E-state index < -0.39 is 17.7 Å². The molecule has 2 nitrogen and oxygen atoms in total. The first kappa shape index (κ1) is 12.6. The predicted molar refractivity (Wildman–Crippen MR) is 64.8 cm³/mol. The van der Waals surface area contributed by atoms with Crippen LogP contribution in [-0.2, 0) is 6.42 Å². The molecule has 6 heteroatoms. The van der Waals surface area contributed by atoms with Gasteiger partial charge >= 0.3 is 0 Å². The van der Waals surface area contributed by atoms with Gasteiger partial charge in [0.2, 0.25) is 0 Å². The number of aromatic nitrogens is 1. The minimum atomic E-state index is -1.21. The predicted octanol–water partition coefficient (Wildman–Crippen LogP) is 3.46. The molecule has 0 aliphatic heterocycles. The second kappa shape index (κ2) is 5.20. The Kier molecular flexibility index (Phi) is 3.86. The maximum Gasteiger partial charge on any atom is 0.133 e. The van der Waals surface area contributed by atoms with Crippen molar-refractivity contribution in [2.75, 3.05) is 0 Å². The molecule has 1 aromatic carbocycles. The van der Waals surface area contributed by atoms with Gasteiger partial charge in [0.1, 0.15) is 11.6 Å². The first-order chi connectivity index (χ1) is 8.08. The Morgan fingerprint density at radius 1 is 1.35 bits per heavy atom. The highest BCUT2D eigenvalue weighted by atomic mass is 79.9. The monoisotopic (exact) mass is 319 g/mol. The van der Waals surface area contributed by atoms with Gasteiger partial charge in [0, 0.05) is 22.0 Å². The largest absolute Gasteiger partial charge is 0.388 e. The third-order valence-electron chi connectivity index (χ3n) is 2.26. The van der Waals surface area contributed by atoms with Crippen molar-refractivity contribution in [3.8, 4) is 0 Å². The fraction of sp³-hybridized carbons (Fsp3) is 0.182. The maximum atomic E-state index is 13.5. The minimum Gasteiger partial charge on any atom is -0.388 e. The van der Waals surface area contributed by atoms with E-state index in [1.165, 1.54) is 11.3 Å². The van der Waals surface area contributed by atoms with Crippen LogP contribution in [0.5, 0.6) is 0 Å². The summed E-state index contributed by atoms with van der Waals surface area (Å²) in [5.41, 5.74) is 1.30. The van der Waals surface area contributed by atoms with Crippen LogP contribution in [-0.4, -0.2) is 10.1 Å². The average molecular weight is 320 g/mol. The zero-order chi connectivity index (χ0) is 12.4. The SMILES string of the molecule is OC(Cc1cncs1)c1c(F)cc(Br)cc1F. The lowest BCUT2D eigenvalue weighted by Crippen LogP contribution is -2.06. The van der Waals surface area contributed by atoms with Gasteiger partial charge in [-0.1, -0.05) is 15.9 Å². The second-order valence-electron chi connectivity index (χ2n) is 3.47. The maximum absolute atomic E-state index is 13.5. The Hall–Kier alpha value is -0.850. The number of hydrogen-bond acceptors (Lipinski definition) is 3. The van der Waals surface area contributed by atoms with E-state index in [9.17, 15) is 13.9 Å². The Morgan fingerprint density at radius 2 is 2.00 bits per heavy atom. The lowest BCUT2D eigenvalue weighted by atomic mass is 10.0. The van der Waals surface area contributed by atoms with E-state index >= 15 is 0 Å². The number of hydrogen-bond donors (Lipinski definition) is 1. The summed E-state index contributed by atoms with van der Waals surface area (Å²) in [6.07, 6.45) is 0.520. The standard InChI is InChI=1S/C11H8BrF2NOS/c12-6-1-8(13)11(9(14)2-6)10(16)3-7-4-15-5-17-7/h1-2,4-5,10,16H,3H2. The summed E-state index contributed by atoms with van der Waals surface area (Å²) in [6.45, 7) is 0. The van der Waals surface area contributed by atoms with Gasteiger partial charge < -0.3 is 5.11 Å². The zero-order valence-corrected chi connectivity index (χ0v) is 10.9. The molecule has 0 saturated carbocycles. The summed E-state index contributed by atoms with van der Waals surface area (Å²) in [5, 5.41) is 9.83. The Balaban J connectivity index is 2.27. The van der Waals surface area contributed by atoms with Crippen LogP contribution < -0.4 is 0 Å². The minimum absolute atomic E-state index is 0.153. The van der Waals surface area contributed by atoms with Crippen molar-refractivity contribution in [3.63, 3.8) is 0 Å². The molecular formula is C11H8BrF2NOS. The summed E-state index contributed by atoms with van der Waals surface area (Å²) >= 11 is 4.32. The summed E-state index contributed by atoms with van der Waals surface area (Å²) in [6, 6.07) is 2.27. The fourth-order valence-electron chi connectivity index (χ4n) is 1.51. The van der Waals surface area contributed by atoms with Gasteiger partial charge in [-0.3, -0.25) is 4.98 Å². The van der Waals surface area contributed by atoms with Crippen LogP contribution in [0, 0.1) is 11.6 Å². The molecule has 1 heterocycles. The van der Waals surface area contributed by atoms with Crippen molar-refractivity contribution in [2.24, 2.45) is 0 Å². The molecule has 1 unspecified atom stereocenters. The van der Waals surface area contributed by atoms with Gasteiger partial charge in [-0.25, -0.2) is 8.78 Å². The van der Waals surface area contributed by atoms with Crippen molar-refractivity contribution in [2.45, 2.75) is 12.5 Å². The van der Waals surface area contributed by atoms with Gasteiger partial charge in [-0.05, 0) is 12.1 Å². The summed E-state index contributed by atoms with van der Waals surface area (Å²) < 4.78 is 27.4. The van der Waals surface area contributed by atoms with Gasteiger partial charge in [0.25, 0.3) is 0 Å². The van der Waals surface area contributed by atoms with Crippen molar-refractivity contribution in [1.29, 1.82) is 0 Å². The highest BCUT2D eigenvalue weighted by molar-refractivity contribution is 9.10. The number of aliphatic hydroxyl groups excluding tert-OH is 1. The van der Waals surface area contributed by atoms with E-state index in [0.29, 0.717) is 4.47 Å². The molecule has 0 saturated heterocycles. The Morgan fingerprint density at radius 3 is 2.53 bits per heavy atom. The number of halogens is 3. The van der Waals surface area contributed by atoms with Crippen molar-refractivity contribution < 1.29 is 13.9 Å². The molecule has 0 aliphatic carbocycles. The molecular weight excluding hydrogens is 312 g/mol. The van der Waals surface area contributed by atoms with Crippen molar-refractivity contribution in [1.82, 2.24) is 4.98 Å². The molecule has 90 valence electrons. The number of benzene rings is 1. The van der Waals surface area contributed by atoms with E-state index in [0.717, 1.165) is 17.0 Å². The second-order valence-corrected chi connectivity index (χ2v) is 5.36. The molecule has 17 heavy (non-hydrogen) atoms. The van der Waals surface area contributed by atoms with E-state index in [2.05, 4.69) is 20.9 Å². The van der Waals surface area contributed by atoms with E-state index in [1.807, 2.05) is 0 Å². The molecule has 0 aliphatic rings. The van der Waals surface area contributed by atoms with Crippen LogP contribution in [0.3, 0.4) is 0 Å². The Labute approximate surface area is 109 Å². The van der Waals surface area contributed by atoms with Crippen LogP contribution in [0.4, 0.5) is 8.78 Å². The Bertz CT molecular complexity index is 495. The van der Waals surface area contributed by atoms with Crippen molar-refractivity contribution in [3.05, 3.63) is 50.4 Å². The average Bonchev–Trinajstić information content (AvgIpc) is 2.68.